The summed E-state index contributed by atoms with van der Waals surface area (Å²) in [5, 5.41) is 22.8. The Morgan fingerprint density at radius 1 is 1.15 bits per heavy atom. The Morgan fingerprint density at radius 2 is 1.85 bits per heavy atom. The molecular weight excluding hydrogens is 390 g/mol. The van der Waals surface area contributed by atoms with Gasteiger partial charge in [-0.2, -0.15) is 5.26 Å². The SMILES string of the molecule is N#Cc1cc([N+](=O)[O-])ccc1Nc1ccc(Br)cc1Br. The van der Waals surface area contributed by atoms with Crippen LogP contribution in [0.15, 0.2) is 45.3 Å². The van der Waals surface area contributed by atoms with Crippen LogP contribution in [-0.4, -0.2) is 4.92 Å². The Balaban J connectivity index is 2.39. The molecule has 2 rings (SSSR count). The van der Waals surface area contributed by atoms with Crippen LogP contribution < -0.4 is 5.32 Å². The standard InChI is InChI=1S/C13H7Br2N3O2/c14-9-1-3-13(11(15)6-9)17-12-4-2-10(18(19)20)5-8(12)7-16/h1-6,17H. The van der Waals surface area contributed by atoms with E-state index in [0.717, 1.165) is 14.6 Å². The van der Waals surface area contributed by atoms with E-state index in [4.69, 9.17) is 5.26 Å². The summed E-state index contributed by atoms with van der Waals surface area (Å²) in [6.07, 6.45) is 0. The highest BCUT2D eigenvalue weighted by Gasteiger charge is 2.11. The predicted octanol–water partition coefficient (Wildman–Crippen LogP) is 4.74. The predicted molar refractivity (Wildman–Crippen MR) is 82.9 cm³/mol. The number of hydrogen-bond acceptors (Lipinski definition) is 4. The summed E-state index contributed by atoms with van der Waals surface area (Å²) < 4.78 is 1.73. The van der Waals surface area contributed by atoms with E-state index in [9.17, 15) is 10.1 Å². The number of nitro groups is 1. The van der Waals surface area contributed by atoms with Gasteiger partial charge in [0.05, 0.1) is 21.9 Å². The zero-order valence-electron chi connectivity index (χ0n) is 9.93. The monoisotopic (exact) mass is 395 g/mol. The van der Waals surface area contributed by atoms with Gasteiger partial charge in [-0.15, -0.1) is 0 Å². The van der Waals surface area contributed by atoms with Crippen LogP contribution in [0.3, 0.4) is 0 Å². The maximum absolute atomic E-state index is 10.7. The normalized spacial score (nSPS) is 9.85. The van der Waals surface area contributed by atoms with Gasteiger partial charge in [0.25, 0.3) is 5.69 Å². The van der Waals surface area contributed by atoms with Gasteiger partial charge in [0.1, 0.15) is 6.07 Å². The van der Waals surface area contributed by atoms with Gasteiger partial charge in [0, 0.05) is 21.1 Å². The number of anilines is 2. The maximum Gasteiger partial charge on any atom is 0.270 e. The van der Waals surface area contributed by atoms with Crippen LogP contribution in [0.1, 0.15) is 5.56 Å². The van der Waals surface area contributed by atoms with Crippen LogP contribution >= 0.6 is 31.9 Å². The van der Waals surface area contributed by atoms with E-state index in [0.29, 0.717) is 5.69 Å². The molecule has 0 aliphatic heterocycles. The lowest BCUT2D eigenvalue weighted by atomic mass is 10.1. The van der Waals surface area contributed by atoms with Crippen molar-refractivity contribution in [3.05, 3.63) is 61.0 Å². The first-order valence-electron chi connectivity index (χ1n) is 5.42. The fraction of sp³-hybridized carbons (Fsp3) is 0. The Hall–Kier alpha value is -1.91. The molecule has 0 spiro atoms. The van der Waals surface area contributed by atoms with Gasteiger partial charge in [-0.3, -0.25) is 10.1 Å². The lowest BCUT2D eigenvalue weighted by molar-refractivity contribution is -0.384. The average Bonchev–Trinajstić information content (AvgIpc) is 2.42. The molecule has 0 fully saturated rings. The van der Waals surface area contributed by atoms with Crippen molar-refractivity contribution in [2.24, 2.45) is 0 Å². The summed E-state index contributed by atoms with van der Waals surface area (Å²) in [4.78, 5) is 10.2. The molecule has 7 heteroatoms. The van der Waals surface area contributed by atoms with Crippen molar-refractivity contribution in [1.82, 2.24) is 0 Å². The molecule has 0 radical (unpaired) electrons. The quantitative estimate of drug-likeness (QED) is 0.600. The summed E-state index contributed by atoms with van der Waals surface area (Å²) in [7, 11) is 0. The topological polar surface area (TPSA) is 79.0 Å². The highest BCUT2D eigenvalue weighted by atomic mass is 79.9. The zero-order valence-corrected chi connectivity index (χ0v) is 13.1. The van der Waals surface area contributed by atoms with E-state index in [1.807, 2.05) is 24.3 Å². The van der Waals surface area contributed by atoms with Gasteiger partial charge in [-0.1, -0.05) is 15.9 Å². The second-order valence-corrected chi connectivity index (χ2v) is 5.62. The van der Waals surface area contributed by atoms with Crippen molar-refractivity contribution < 1.29 is 4.92 Å². The number of halogens is 2. The van der Waals surface area contributed by atoms with Gasteiger partial charge in [-0.25, -0.2) is 0 Å². The highest BCUT2D eigenvalue weighted by Crippen LogP contribution is 2.31. The first-order chi connectivity index (χ1) is 9.51. The van der Waals surface area contributed by atoms with Gasteiger partial charge < -0.3 is 5.32 Å². The molecule has 0 saturated heterocycles. The smallest absolute Gasteiger partial charge is 0.270 e. The lowest BCUT2D eigenvalue weighted by Crippen LogP contribution is -1.96. The number of nitrogens with zero attached hydrogens (tertiary/aromatic N) is 2. The second-order valence-electron chi connectivity index (χ2n) is 3.85. The average molecular weight is 397 g/mol. The molecule has 0 atom stereocenters. The molecule has 5 nitrogen and oxygen atoms in total. The molecule has 0 amide bonds. The molecule has 0 aliphatic rings. The minimum atomic E-state index is -0.528. The van der Waals surface area contributed by atoms with Gasteiger partial charge in [0.2, 0.25) is 0 Å². The number of nitro benzene ring substituents is 1. The second kappa shape index (κ2) is 6.03. The third-order valence-corrected chi connectivity index (χ3v) is 3.68. The van der Waals surface area contributed by atoms with Crippen molar-refractivity contribution >= 4 is 48.9 Å². The molecule has 0 saturated carbocycles. The van der Waals surface area contributed by atoms with E-state index < -0.39 is 4.92 Å². The maximum atomic E-state index is 10.7. The number of hydrogen-bond donors (Lipinski definition) is 1. The molecule has 100 valence electrons. The third kappa shape index (κ3) is 3.15. The van der Waals surface area contributed by atoms with Crippen molar-refractivity contribution in [3.63, 3.8) is 0 Å². The van der Waals surface area contributed by atoms with Crippen LogP contribution in [0, 0.1) is 21.4 Å². The molecule has 0 bridgehead atoms. The van der Waals surface area contributed by atoms with Crippen molar-refractivity contribution in [3.8, 4) is 6.07 Å². The van der Waals surface area contributed by atoms with Crippen LogP contribution in [0.2, 0.25) is 0 Å². The minimum Gasteiger partial charge on any atom is -0.354 e. The zero-order chi connectivity index (χ0) is 14.7. The fourth-order valence-electron chi connectivity index (χ4n) is 1.58. The number of non-ortho nitro benzene ring substituents is 1. The summed E-state index contributed by atoms with van der Waals surface area (Å²) >= 11 is 6.76. The highest BCUT2D eigenvalue weighted by molar-refractivity contribution is 9.11. The largest absolute Gasteiger partial charge is 0.354 e. The molecule has 20 heavy (non-hydrogen) atoms. The number of benzene rings is 2. The summed E-state index contributed by atoms with van der Waals surface area (Å²) in [6, 6.07) is 11.6. The molecule has 2 aromatic rings. The number of nitriles is 1. The molecule has 1 N–H and O–H groups in total. The first kappa shape index (κ1) is 14.5. The summed E-state index contributed by atoms with van der Waals surface area (Å²) in [5.74, 6) is 0. The first-order valence-corrected chi connectivity index (χ1v) is 7.00. The summed E-state index contributed by atoms with van der Waals surface area (Å²) in [5.41, 5.74) is 1.38. The molecule has 0 aliphatic carbocycles. The van der Waals surface area contributed by atoms with Crippen LogP contribution in [-0.2, 0) is 0 Å². The van der Waals surface area contributed by atoms with E-state index in [-0.39, 0.29) is 11.3 Å². The van der Waals surface area contributed by atoms with E-state index in [1.54, 1.807) is 0 Å². The molecule has 0 unspecified atom stereocenters. The van der Waals surface area contributed by atoms with Crippen molar-refractivity contribution in [2.75, 3.05) is 5.32 Å². The Kier molecular flexibility index (Phi) is 4.37. The van der Waals surface area contributed by atoms with Crippen molar-refractivity contribution in [2.45, 2.75) is 0 Å². The molecule has 0 aromatic heterocycles. The Labute approximate surface area is 131 Å². The van der Waals surface area contributed by atoms with E-state index in [2.05, 4.69) is 37.2 Å². The number of nitrogens with one attached hydrogen (secondary N) is 1. The molecule has 0 heterocycles. The van der Waals surface area contributed by atoms with E-state index >= 15 is 0 Å². The van der Waals surface area contributed by atoms with Crippen molar-refractivity contribution in [1.29, 1.82) is 5.26 Å². The van der Waals surface area contributed by atoms with E-state index in [1.165, 1.54) is 18.2 Å². The number of rotatable bonds is 3. The van der Waals surface area contributed by atoms with Crippen LogP contribution in [0.25, 0.3) is 0 Å². The van der Waals surface area contributed by atoms with Gasteiger partial charge >= 0.3 is 0 Å². The molecular formula is C13H7Br2N3O2. The molecule has 2 aromatic carbocycles. The summed E-state index contributed by atoms with van der Waals surface area (Å²) in [6.45, 7) is 0. The third-order valence-electron chi connectivity index (χ3n) is 2.53. The Bertz CT molecular complexity index is 726. The van der Waals surface area contributed by atoms with Gasteiger partial charge in [0.15, 0.2) is 0 Å². The van der Waals surface area contributed by atoms with Crippen LogP contribution in [0.5, 0.6) is 0 Å². The lowest BCUT2D eigenvalue weighted by Gasteiger charge is -2.10. The fourth-order valence-corrected chi connectivity index (χ4v) is 2.73. The minimum absolute atomic E-state index is 0.109. The van der Waals surface area contributed by atoms with Crippen LogP contribution in [0.4, 0.5) is 17.1 Å². The Morgan fingerprint density at radius 3 is 2.45 bits per heavy atom. The van der Waals surface area contributed by atoms with Gasteiger partial charge in [-0.05, 0) is 40.2 Å².